The number of carbonyl (C=O) groups excluding carboxylic acids is 2. The van der Waals surface area contributed by atoms with Crippen molar-refractivity contribution in [2.24, 2.45) is 0 Å². The highest BCUT2D eigenvalue weighted by Gasteiger charge is 2.18. The number of aromatic nitrogens is 1. The maximum Gasteiger partial charge on any atom is 0.267 e. The second-order valence-corrected chi connectivity index (χ2v) is 8.20. The van der Waals surface area contributed by atoms with Crippen molar-refractivity contribution in [3.05, 3.63) is 63.6 Å². The van der Waals surface area contributed by atoms with E-state index < -0.39 is 0 Å². The lowest BCUT2D eigenvalue weighted by Crippen LogP contribution is -2.24. The molecule has 0 aliphatic heterocycles. The Bertz CT molecular complexity index is 1080. The first-order valence-electron chi connectivity index (χ1n) is 10.0. The van der Waals surface area contributed by atoms with Crippen molar-refractivity contribution >= 4 is 40.4 Å². The van der Waals surface area contributed by atoms with E-state index in [0.717, 1.165) is 22.7 Å². The number of benzene rings is 2. The van der Waals surface area contributed by atoms with Gasteiger partial charge in [0.1, 0.15) is 15.6 Å². The van der Waals surface area contributed by atoms with E-state index in [9.17, 15) is 9.59 Å². The smallest absolute Gasteiger partial charge is 0.267 e. The van der Waals surface area contributed by atoms with Gasteiger partial charge in [-0.3, -0.25) is 9.59 Å². The highest BCUT2D eigenvalue weighted by molar-refractivity contribution is 7.17. The summed E-state index contributed by atoms with van der Waals surface area (Å²) in [6.45, 7) is 6.90. The molecule has 0 bridgehead atoms. The number of nitrogens with one attached hydrogen (secondary N) is 2. The molecule has 0 aliphatic carbocycles. The average molecular weight is 458 g/mol. The van der Waals surface area contributed by atoms with Crippen molar-refractivity contribution in [2.45, 2.75) is 27.2 Å². The van der Waals surface area contributed by atoms with Crippen LogP contribution in [0.25, 0.3) is 10.6 Å². The summed E-state index contributed by atoms with van der Waals surface area (Å²) in [6, 6.07) is 12.5. The number of carbonyl (C=O) groups is 2. The predicted octanol–water partition coefficient (Wildman–Crippen LogP) is 5.56. The Kier molecular flexibility index (Phi) is 7.65. The number of rotatable bonds is 8. The van der Waals surface area contributed by atoms with E-state index in [2.05, 4.69) is 15.6 Å². The summed E-state index contributed by atoms with van der Waals surface area (Å²) in [5.74, 6) is 0.288. The minimum Gasteiger partial charge on any atom is -0.494 e. The second kappa shape index (κ2) is 10.4. The van der Waals surface area contributed by atoms with Crippen LogP contribution in [-0.4, -0.2) is 29.9 Å². The molecule has 0 unspecified atom stereocenters. The lowest BCUT2D eigenvalue weighted by Gasteiger charge is -2.09. The van der Waals surface area contributed by atoms with Gasteiger partial charge in [-0.15, -0.1) is 11.3 Å². The molecule has 0 radical (unpaired) electrons. The van der Waals surface area contributed by atoms with Crippen molar-refractivity contribution in [3.8, 4) is 16.3 Å². The fourth-order valence-corrected chi connectivity index (χ4v) is 4.12. The third-order valence-electron chi connectivity index (χ3n) is 4.42. The maximum atomic E-state index is 12.8. The van der Waals surface area contributed by atoms with Crippen LogP contribution >= 0.6 is 22.9 Å². The normalized spacial score (nSPS) is 10.6. The molecule has 31 heavy (non-hydrogen) atoms. The minimum absolute atomic E-state index is 0.233. The van der Waals surface area contributed by atoms with Crippen LogP contribution in [0, 0.1) is 6.92 Å². The summed E-state index contributed by atoms with van der Waals surface area (Å²) in [6.07, 6.45) is 0.838. The molecule has 8 heteroatoms. The Morgan fingerprint density at radius 1 is 1.10 bits per heavy atom. The second-order valence-electron chi connectivity index (χ2n) is 6.80. The van der Waals surface area contributed by atoms with Crippen molar-refractivity contribution < 1.29 is 14.3 Å². The van der Waals surface area contributed by atoms with Crippen molar-refractivity contribution in [1.29, 1.82) is 0 Å². The van der Waals surface area contributed by atoms with Crippen LogP contribution in [0.3, 0.4) is 0 Å². The number of hydrogen-bond acceptors (Lipinski definition) is 5. The van der Waals surface area contributed by atoms with E-state index in [0.29, 0.717) is 35.0 Å². The number of ether oxygens (including phenoxy) is 1. The first-order chi connectivity index (χ1) is 14.9. The summed E-state index contributed by atoms with van der Waals surface area (Å²) in [4.78, 5) is 30.0. The standard InChI is InChI=1S/C23H24ClN3O3S/c1-4-12-25-21(28)18-11-8-16(13-19(18)24)27-22(29)20-14(3)26-23(31-20)15-6-9-17(10-7-15)30-5-2/h6-11,13H,4-5,12H2,1-3H3,(H,25,28)(H,27,29). The molecule has 2 aromatic carbocycles. The van der Waals surface area contributed by atoms with Gasteiger partial charge in [0.2, 0.25) is 0 Å². The number of aryl methyl sites for hydroxylation is 1. The number of nitrogens with zero attached hydrogens (tertiary/aromatic N) is 1. The predicted molar refractivity (Wildman–Crippen MR) is 125 cm³/mol. The van der Waals surface area contributed by atoms with E-state index in [1.807, 2.05) is 38.1 Å². The minimum atomic E-state index is -0.272. The van der Waals surface area contributed by atoms with Crippen LogP contribution in [0.15, 0.2) is 42.5 Å². The van der Waals surface area contributed by atoms with Crippen molar-refractivity contribution in [1.82, 2.24) is 10.3 Å². The van der Waals surface area contributed by atoms with E-state index in [-0.39, 0.29) is 16.8 Å². The quantitative estimate of drug-likeness (QED) is 0.463. The molecule has 2 amide bonds. The summed E-state index contributed by atoms with van der Waals surface area (Å²) in [7, 11) is 0. The van der Waals surface area contributed by atoms with E-state index >= 15 is 0 Å². The van der Waals surface area contributed by atoms with Crippen LogP contribution < -0.4 is 15.4 Å². The Labute approximate surface area is 190 Å². The monoisotopic (exact) mass is 457 g/mol. The molecule has 1 heterocycles. The molecule has 0 saturated carbocycles. The molecule has 0 aliphatic rings. The molecule has 1 aromatic heterocycles. The van der Waals surface area contributed by atoms with Gasteiger partial charge in [-0.25, -0.2) is 4.98 Å². The third-order valence-corrected chi connectivity index (χ3v) is 5.94. The summed E-state index contributed by atoms with van der Waals surface area (Å²) in [5, 5.41) is 6.66. The molecule has 0 saturated heterocycles. The molecule has 2 N–H and O–H groups in total. The number of amides is 2. The molecule has 0 spiro atoms. The summed E-state index contributed by atoms with van der Waals surface area (Å²) >= 11 is 7.57. The van der Waals surface area contributed by atoms with Crippen LogP contribution in [0.4, 0.5) is 5.69 Å². The molecule has 162 valence electrons. The van der Waals surface area contributed by atoms with Gasteiger partial charge < -0.3 is 15.4 Å². The van der Waals surface area contributed by atoms with E-state index in [1.54, 1.807) is 25.1 Å². The van der Waals surface area contributed by atoms with Gasteiger partial charge in [0.15, 0.2) is 0 Å². The van der Waals surface area contributed by atoms with Crippen LogP contribution in [0.2, 0.25) is 5.02 Å². The van der Waals surface area contributed by atoms with Crippen molar-refractivity contribution in [2.75, 3.05) is 18.5 Å². The fraction of sp³-hybridized carbons (Fsp3) is 0.261. The van der Waals surface area contributed by atoms with Gasteiger partial charge in [0, 0.05) is 17.8 Å². The maximum absolute atomic E-state index is 12.8. The first-order valence-corrected chi connectivity index (χ1v) is 11.2. The fourth-order valence-electron chi connectivity index (χ4n) is 2.89. The largest absolute Gasteiger partial charge is 0.494 e. The van der Waals surface area contributed by atoms with Crippen LogP contribution in [0.1, 0.15) is 46.0 Å². The summed E-state index contributed by atoms with van der Waals surface area (Å²) < 4.78 is 5.47. The lowest BCUT2D eigenvalue weighted by molar-refractivity contribution is 0.0953. The lowest BCUT2D eigenvalue weighted by atomic mass is 10.2. The van der Waals surface area contributed by atoms with Crippen LogP contribution in [0.5, 0.6) is 5.75 Å². The number of halogens is 1. The van der Waals surface area contributed by atoms with Crippen molar-refractivity contribution in [3.63, 3.8) is 0 Å². The highest BCUT2D eigenvalue weighted by atomic mass is 35.5. The molecule has 3 aromatic rings. The Balaban J connectivity index is 1.73. The molecule has 3 rings (SSSR count). The van der Waals surface area contributed by atoms with Gasteiger partial charge in [0.25, 0.3) is 11.8 Å². The Hall–Kier alpha value is -2.90. The van der Waals surface area contributed by atoms with E-state index in [1.165, 1.54) is 11.3 Å². The summed E-state index contributed by atoms with van der Waals surface area (Å²) in [5.41, 5.74) is 2.45. The molecular formula is C23H24ClN3O3S. The molecule has 0 fully saturated rings. The molecular weight excluding hydrogens is 434 g/mol. The third kappa shape index (κ3) is 5.62. The number of anilines is 1. The van der Waals surface area contributed by atoms with Gasteiger partial charge in [-0.05, 0) is 62.7 Å². The Morgan fingerprint density at radius 3 is 2.48 bits per heavy atom. The highest BCUT2D eigenvalue weighted by Crippen LogP contribution is 2.30. The number of thiazole rings is 1. The number of hydrogen-bond donors (Lipinski definition) is 2. The zero-order valence-corrected chi connectivity index (χ0v) is 19.2. The van der Waals surface area contributed by atoms with Crippen LogP contribution in [-0.2, 0) is 0 Å². The molecule has 0 atom stereocenters. The average Bonchev–Trinajstić information content (AvgIpc) is 3.14. The van der Waals surface area contributed by atoms with Gasteiger partial charge in [0.05, 0.1) is 22.9 Å². The molecule has 6 nitrogen and oxygen atoms in total. The van der Waals surface area contributed by atoms with Gasteiger partial charge >= 0.3 is 0 Å². The zero-order chi connectivity index (χ0) is 22.4. The zero-order valence-electron chi connectivity index (χ0n) is 17.6. The van der Waals surface area contributed by atoms with Gasteiger partial charge in [-0.2, -0.15) is 0 Å². The first kappa shape index (κ1) is 22.8. The van der Waals surface area contributed by atoms with E-state index in [4.69, 9.17) is 16.3 Å². The topological polar surface area (TPSA) is 80.3 Å². The van der Waals surface area contributed by atoms with Gasteiger partial charge in [-0.1, -0.05) is 18.5 Å². The Morgan fingerprint density at radius 2 is 1.84 bits per heavy atom. The SMILES string of the molecule is CCCNC(=O)c1ccc(NC(=O)c2sc(-c3ccc(OCC)cc3)nc2C)cc1Cl.